The van der Waals surface area contributed by atoms with Crippen LogP contribution in [-0.2, 0) is 44.9 Å². The number of phenolic OH excluding ortho intramolecular Hbond substituents is 4. The molecular formula is C37H44O4. The highest BCUT2D eigenvalue weighted by molar-refractivity contribution is 5.52. The highest BCUT2D eigenvalue weighted by atomic mass is 16.3. The molecule has 0 fully saturated rings. The summed E-state index contributed by atoms with van der Waals surface area (Å²) >= 11 is 0. The molecule has 0 radical (unpaired) electrons. The fourth-order valence-corrected chi connectivity index (χ4v) is 5.96. The van der Waals surface area contributed by atoms with Crippen LogP contribution in [0.5, 0.6) is 23.0 Å². The van der Waals surface area contributed by atoms with Crippen molar-refractivity contribution in [2.45, 2.75) is 86.5 Å². The quantitative estimate of drug-likeness (QED) is 0.160. The average molecular weight is 553 g/mol. The molecule has 4 aromatic carbocycles. The van der Waals surface area contributed by atoms with Crippen molar-refractivity contribution in [2.24, 2.45) is 0 Å². The largest absolute Gasteiger partial charge is 0.507 e. The van der Waals surface area contributed by atoms with E-state index in [4.69, 9.17) is 0 Å². The van der Waals surface area contributed by atoms with Gasteiger partial charge in [-0.1, -0.05) is 76.2 Å². The van der Waals surface area contributed by atoms with Crippen LogP contribution in [0.15, 0.2) is 48.5 Å². The first kappa shape index (κ1) is 30.0. The van der Waals surface area contributed by atoms with Crippen molar-refractivity contribution < 1.29 is 20.4 Å². The zero-order valence-electron chi connectivity index (χ0n) is 25.4. The van der Waals surface area contributed by atoms with Gasteiger partial charge in [0.05, 0.1) is 0 Å². The van der Waals surface area contributed by atoms with Crippen LogP contribution in [0.3, 0.4) is 0 Å². The van der Waals surface area contributed by atoms with Crippen molar-refractivity contribution in [3.05, 3.63) is 115 Å². The topological polar surface area (TPSA) is 80.9 Å². The number of hydrogen-bond acceptors (Lipinski definition) is 4. The molecule has 0 heterocycles. The number of aryl methyl sites for hydroxylation is 6. The summed E-state index contributed by atoms with van der Waals surface area (Å²) in [5.74, 6) is 1.39. The zero-order valence-corrected chi connectivity index (χ0v) is 25.4. The third-order valence-electron chi connectivity index (χ3n) is 8.25. The van der Waals surface area contributed by atoms with Crippen molar-refractivity contribution in [1.29, 1.82) is 0 Å². The summed E-state index contributed by atoms with van der Waals surface area (Å²) in [7, 11) is 0. The van der Waals surface area contributed by atoms with Crippen molar-refractivity contribution in [3.63, 3.8) is 0 Å². The second-order valence-electron chi connectivity index (χ2n) is 11.3. The normalized spacial score (nSPS) is 11.3. The Morgan fingerprint density at radius 2 is 0.634 bits per heavy atom. The molecule has 0 spiro atoms. The number of benzene rings is 4. The molecule has 4 aromatic rings. The van der Waals surface area contributed by atoms with E-state index in [9.17, 15) is 20.4 Å². The van der Waals surface area contributed by atoms with Crippen molar-refractivity contribution in [3.8, 4) is 23.0 Å². The van der Waals surface area contributed by atoms with Crippen molar-refractivity contribution in [1.82, 2.24) is 0 Å². The molecule has 0 aliphatic heterocycles. The molecule has 0 amide bonds. The third kappa shape index (κ3) is 6.53. The Kier molecular flexibility index (Phi) is 9.32. The fourth-order valence-electron chi connectivity index (χ4n) is 5.96. The standard InChI is InChI=1S/C37H44O4/c1-7-28-14-26(15-29(8-2)36(28)40)20-32-18-24(11-22(5)34(32)38)13-25-12-23(6)35(39)33(19-25)21-27-16-30(9-3)37(41)31(10-4)17-27/h11-12,14-19,38-41H,7-10,13,20-21H2,1-6H3. The molecule has 0 aliphatic rings. The van der Waals surface area contributed by atoms with Crippen LogP contribution in [0.1, 0.15) is 94.5 Å². The maximum atomic E-state index is 11.0. The van der Waals surface area contributed by atoms with Gasteiger partial charge in [-0.05, 0) is 113 Å². The number of phenols is 4. The minimum Gasteiger partial charge on any atom is -0.507 e. The van der Waals surface area contributed by atoms with Crippen molar-refractivity contribution >= 4 is 0 Å². The summed E-state index contributed by atoms with van der Waals surface area (Å²) < 4.78 is 0. The molecule has 0 saturated carbocycles. The molecule has 0 atom stereocenters. The van der Waals surface area contributed by atoms with Crippen LogP contribution in [0.2, 0.25) is 0 Å². The molecule has 41 heavy (non-hydrogen) atoms. The van der Waals surface area contributed by atoms with Crippen LogP contribution in [0.4, 0.5) is 0 Å². The van der Waals surface area contributed by atoms with Gasteiger partial charge >= 0.3 is 0 Å². The molecule has 216 valence electrons. The van der Waals surface area contributed by atoms with Crippen LogP contribution < -0.4 is 0 Å². The van der Waals surface area contributed by atoms with Gasteiger partial charge in [0.1, 0.15) is 23.0 Å². The predicted octanol–water partition coefficient (Wildman–Crippen LogP) is 8.15. The highest BCUT2D eigenvalue weighted by Gasteiger charge is 2.15. The Balaban J connectivity index is 1.66. The monoisotopic (exact) mass is 552 g/mol. The van der Waals surface area contributed by atoms with E-state index in [-0.39, 0.29) is 0 Å². The van der Waals surface area contributed by atoms with Crippen LogP contribution >= 0.6 is 0 Å². The van der Waals surface area contributed by atoms with Gasteiger partial charge in [0.25, 0.3) is 0 Å². The molecule has 0 aromatic heterocycles. The summed E-state index contributed by atoms with van der Waals surface area (Å²) in [6.07, 6.45) is 4.86. The Morgan fingerprint density at radius 1 is 0.366 bits per heavy atom. The minimum atomic E-state index is 0.311. The van der Waals surface area contributed by atoms with E-state index in [2.05, 4.69) is 12.1 Å². The Bertz CT molecular complexity index is 1400. The van der Waals surface area contributed by atoms with Crippen LogP contribution in [0.25, 0.3) is 0 Å². The van der Waals surface area contributed by atoms with E-state index >= 15 is 0 Å². The lowest BCUT2D eigenvalue weighted by Crippen LogP contribution is -2.00. The molecule has 0 unspecified atom stereocenters. The third-order valence-corrected chi connectivity index (χ3v) is 8.25. The summed E-state index contributed by atoms with van der Waals surface area (Å²) in [5.41, 5.74) is 11.5. The zero-order chi connectivity index (χ0) is 29.8. The Hall–Kier alpha value is -3.92. The molecule has 4 nitrogen and oxygen atoms in total. The highest BCUT2D eigenvalue weighted by Crippen LogP contribution is 2.34. The molecule has 0 aliphatic carbocycles. The van der Waals surface area contributed by atoms with E-state index < -0.39 is 0 Å². The molecule has 4 heteroatoms. The molecule has 4 N–H and O–H groups in total. The van der Waals surface area contributed by atoms with E-state index in [0.717, 1.165) is 92.4 Å². The number of aromatic hydroxyl groups is 4. The summed E-state index contributed by atoms with van der Waals surface area (Å²) in [4.78, 5) is 0. The van der Waals surface area contributed by atoms with Gasteiger partial charge in [-0.3, -0.25) is 0 Å². The fraction of sp³-hybridized carbons (Fsp3) is 0.351. The average Bonchev–Trinajstić information content (AvgIpc) is 2.95. The van der Waals surface area contributed by atoms with Gasteiger partial charge < -0.3 is 20.4 Å². The number of rotatable bonds is 10. The SMILES string of the molecule is CCc1cc(Cc2cc(Cc3cc(C)c(O)c(Cc4cc(CC)c(O)c(CC)c4)c3)cc(C)c2O)cc(CC)c1O. The maximum Gasteiger partial charge on any atom is 0.122 e. The first-order valence-electron chi connectivity index (χ1n) is 14.9. The van der Waals surface area contributed by atoms with Crippen LogP contribution in [0, 0.1) is 13.8 Å². The lowest BCUT2D eigenvalue weighted by Gasteiger charge is -2.16. The maximum absolute atomic E-state index is 11.0. The van der Waals surface area contributed by atoms with E-state index in [1.54, 1.807) is 0 Å². The number of hydrogen-bond donors (Lipinski definition) is 4. The van der Waals surface area contributed by atoms with Crippen LogP contribution in [-0.4, -0.2) is 20.4 Å². The van der Waals surface area contributed by atoms with E-state index in [0.29, 0.717) is 42.3 Å². The Morgan fingerprint density at radius 3 is 0.927 bits per heavy atom. The summed E-state index contributed by atoms with van der Waals surface area (Å²) in [5, 5.41) is 43.0. The van der Waals surface area contributed by atoms with Gasteiger partial charge in [-0.15, -0.1) is 0 Å². The molecule has 0 bridgehead atoms. The first-order chi connectivity index (χ1) is 19.6. The van der Waals surface area contributed by atoms with E-state index in [1.165, 1.54) is 0 Å². The van der Waals surface area contributed by atoms with Gasteiger partial charge in [0, 0.05) is 12.8 Å². The van der Waals surface area contributed by atoms with Gasteiger partial charge in [0.15, 0.2) is 0 Å². The smallest absolute Gasteiger partial charge is 0.122 e. The van der Waals surface area contributed by atoms with E-state index in [1.807, 2.05) is 77.9 Å². The lowest BCUT2D eigenvalue weighted by atomic mass is 9.91. The van der Waals surface area contributed by atoms with Gasteiger partial charge in [0.2, 0.25) is 0 Å². The molecule has 4 rings (SSSR count). The molecular weight excluding hydrogens is 508 g/mol. The predicted molar refractivity (Wildman–Crippen MR) is 168 cm³/mol. The second-order valence-corrected chi connectivity index (χ2v) is 11.3. The Labute approximate surface area is 245 Å². The summed E-state index contributed by atoms with van der Waals surface area (Å²) in [6.45, 7) is 12.0. The minimum absolute atomic E-state index is 0.311. The first-order valence-corrected chi connectivity index (χ1v) is 14.9. The van der Waals surface area contributed by atoms with Crippen molar-refractivity contribution in [2.75, 3.05) is 0 Å². The van der Waals surface area contributed by atoms with Gasteiger partial charge in [-0.25, -0.2) is 0 Å². The molecule has 0 saturated heterocycles. The van der Waals surface area contributed by atoms with Gasteiger partial charge in [-0.2, -0.15) is 0 Å². The summed E-state index contributed by atoms with van der Waals surface area (Å²) in [6, 6.07) is 16.4. The second kappa shape index (κ2) is 12.7. The lowest BCUT2D eigenvalue weighted by molar-refractivity contribution is 0.461.